The monoisotopic (exact) mass is 909 g/mol. The lowest BCUT2D eigenvalue weighted by Gasteiger charge is -2.41. The third-order valence-electron chi connectivity index (χ3n) is 12.7. The summed E-state index contributed by atoms with van der Waals surface area (Å²) in [6, 6.07) is 12.5. The molecule has 1 saturated heterocycles. The quantitative estimate of drug-likeness (QED) is 0.110. The molecule has 16 heteroatoms. The molecular formula is C49H76N6O10. The van der Waals surface area contributed by atoms with E-state index in [0.29, 0.717) is 42.6 Å². The summed E-state index contributed by atoms with van der Waals surface area (Å²) in [5.74, 6) is -3.04. The number of methoxy groups -OCH3 is 2. The fourth-order valence-electron chi connectivity index (χ4n) is 8.83. The average Bonchev–Trinajstić information content (AvgIpc) is 3.76. The summed E-state index contributed by atoms with van der Waals surface area (Å²) in [4.78, 5) is 85.8. The first-order valence-electron chi connectivity index (χ1n) is 22.9. The van der Waals surface area contributed by atoms with Gasteiger partial charge in [0, 0.05) is 47.5 Å². The van der Waals surface area contributed by atoms with Gasteiger partial charge in [0.25, 0.3) is 0 Å². The van der Waals surface area contributed by atoms with Gasteiger partial charge in [-0.2, -0.15) is 0 Å². The normalized spacial score (nSPS) is 18.0. The fraction of sp³-hybridized carbons (Fsp3) is 0.633. The molecule has 0 radical (unpaired) electrons. The van der Waals surface area contributed by atoms with Gasteiger partial charge in [-0.15, -0.1) is 0 Å². The number of benzene rings is 2. The second-order valence-electron chi connectivity index (χ2n) is 18.2. The number of amides is 6. The second kappa shape index (κ2) is 25.6. The van der Waals surface area contributed by atoms with E-state index >= 15 is 0 Å². The number of likely N-dealkylation sites (tertiary alicyclic amines) is 1. The molecule has 6 amide bonds. The minimum Gasteiger partial charge on any atom is -0.445 e. The maximum absolute atomic E-state index is 14.6. The number of hydrogen-bond acceptors (Lipinski definition) is 10. The van der Waals surface area contributed by atoms with Crippen molar-refractivity contribution in [3.05, 3.63) is 65.7 Å². The van der Waals surface area contributed by atoms with E-state index in [1.807, 2.05) is 45.9 Å². The predicted molar refractivity (Wildman–Crippen MR) is 249 cm³/mol. The van der Waals surface area contributed by atoms with Gasteiger partial charge in [-0.3, -0.25) is 28.9 Å². The number of ether oxygens (including phenoxy) is 3. The summed E-state index contributed by atoms with van der Waals surface area (Å²) in [5.41, 5.74) is 1.98. The highest BCUT2D eigenvalue weighted by Gasteiger charge is 2.43. The van der Waals surface area contributed by atoms with Crippen LogP contribution < -0.4 is 16.0 Å². The molecule has 0 saturated carbocycles. The van der Waals surface area contributed by atoms with E-state index in [1.165, 1.54) is 33.1 Å². The molecule has 3 rings (SSSR count). The zero-order valence-electron chi connectivity index (χ0n) is 40.8. The Bertz CT molecular complexity index is 1860. The smallest absolute Gasteiger partial charge is 0.410 e. The van der Waals surface area contributed by atoms with Crippen molar-refractivity contribution in [1.82, 2.24) is 25.3 Å². The van der Waals surface area contributed by atoms with Crippen molar-refractivity contribution >= 4 is 41.3 Å². The van der Waals surface area contributed by atoms with E-state index in [9.17, 15) is 33.9 Å². The van der Waals surface area contributed by atoms with E-state index < -0.39 is 66.4 Å². The molecule has 1 aliphatic rings. The zero-order valence-corrected chi connectivity index (χ0v) is 40.8. The van der Waals surface area contributed by atoms with Gasteiger partial charge in [-0.05, 0) is 60.8 Å². The third kappa shape index (κ3) is 14.7. The van der Waals surface area contributed by atoms with Gasteiger partial charge >= 0.3 is 6.09 Å². The molecule has 0 spiro atoms. The van der Waals surface area contributed by atoms with E-state index in [-0.39, 0.29) is 54.4 Å². The highest BCUT2D eigenvalue weighted by molar-refractivity contribution is 5.92. The van der Waals surface area contributed by atoms with Crippen molar-refractivity contribution in [3.63, 3.8) is 0 Å². The standard InChI is InChI=1S/C49H76N6O10/c1-14-31(6)43(39(63-12)27-40(57)55-26-18-21-38(55)45(64-13)32(7)46(59)50-33(8)44(58)36-19-16-15-17-20-36)53(10)48(61)41(29(2)3)52-47(60)42(30(4)5)54(11)49(62)65-28-35-22-24-37(25-23-35)51-34(9)56/h15-17,19-20,22-25,29-33,38-39,41-45,58H,14,18,21,26-28H2,1-13H3,(H,50,59)(H,51,56)(H,52,60)/t31-,32+,33+,38-,39+,41-,42-,43-,44+,45+/m0/s1. The van der Waals surface area contributed by atoms with Gasteiger partial charge in [0.05, 0.1) is 48.8 Å². The molecule has 16 nitrogen and oxygen atoms in total. The largest absolute Gasteiger partial charge is 0.445 e. The average molecular weight is 909 g/mol. The number of likely N-dealkylation sites (N-methyl/N-ethyl adjacent to an activating group) is 2. The van der Waals surface area contributed by atoms with Crippen LogP contribution in [-0.4, -0.2) is 133 Å². The van der Waals surface area contributed by atoms with Gasteiger partial charge in [0.1, 0.15) is 18.7 Å². The zero-order chi connectivity index (χ0) is 48.7. The van der Waals surface area contributed by atoms with Crippen LogP contribution in [0.5, 0.6) is 0 Å². The Balaban J connectivity index is 1.74. The molecule has 1 heterocycles. The number of hydrogen-bond donors (Lipinski definition) is 4. The summed E-state index contributed by atoms with van der Waals surface area (Å²) in [6.07, 6.45) is -1.01. The van der Waals surface area contributed by atoms with Crippen molar-refractivity contribution in [2.75, 3.05) is 40.2 Å². The van der Waals surface area contributed by atoms with Crippen molar-refractivity contribution in [1.29, 1.82) is 0 Å². The Labute approximate surface area is 386 Å². The molecule has 0 unspecified atom stereocenters. The Morgan fingerprint density at radius 2 is 1.46 bits per heavy atom. The molecule has 2 aromatic carbocycles. The van der Waals surface area contributed by atoms with Gasteiger partial charge < -0.3 is 45.1 Å². The van der Waals surface area contributed by atoms with Crippen molar-refractivity contribution in [2.24, 2.45) is 23.7 Å². The summed E-state index contributed by atoms with van der Waals surface area (Å²) < 4.78 is 17.5. The molecule has 10 atom stereocenters. The second-order valence-corrected chi connectivity index (χ2v) is 18.2. The highest BCUT2D eigenvalue weighted by atomic mass is 16.6. The van der Waals surface area contributed by atoms with Crippen molar-refractivity contribution < 1.29 is 48.1 Å². The van der Waals surface area contributed by atoms with Gasteiger partial charge in [-0.25, -0.2) is 4.79 Å². The predicted octanol–water partition coefficient (Wildman–Crippen LogP) is 5.54. The van der Waals surface area contributed by atoms with Crippen LogP contribution in [0.3, 0.4) is 0 Å². The molecular weight excluding hydrogens is 833 g/mol. The lowest BCUT2D eigenvalue weighted by molar-refractivity contribution is -0.148. The first-order valence-corrected chi connectivity index (χ1v) is 22.9. The highest BCUT2D eigenvalue weighted by Crippen LogP contribution is 2.30. The number of aliphatic hydroxyl groups is 1. The fourth-order valence-corrected chi connectivity index (χ4v) is 8.83. The lowest BCUT2D eigenvalue weighted by atomic mass is 9.89. The minimum atomic E-state index is -0.977. The Morgan fingerprint density at radius 3 is 2.00 bits per heavy atom. The number of nitrogens with zero attached hydrogens (tertiary/aromatic N) is 3. The lowest BCUT2D eigenvalue weighted by Crippen LogP contribution is -2.60. The van der Waals surface area contributed by atoms with E-state index in [1.54, 1.807) is 80.9 Å². The van der Waals surface area contributed by atoms with Crippen LogP contribution in [0.2, 0.25) is 0 Å². The molecule has 1 fully saturated rings. The van der Waals surface area contributed by atoms with Gasteiger partial charge in [0.15, 0.2) is 0 Å². The Hall–Kier alpha value is -5.06. The van der Waals surface area contributed by atoms with E-state index in [4.69, 9.17) is 14.2 Å². The molecule has 4 N–H and O–H groups in total. The van der Waals surface area contributed by atoms with Crippen LogP contribution >= 0.6 is 0 Å². The van der Waals surface area contributed by atoms with Crippen LogP contribution in [0, 0.1) is 23.7 Å². The molecule has 0 aliphatic carbocycles. The van der Waals surface area contributed by atoms with Crippen LogP contribution in [0.25, 0.3) is 0 Å². The SMILES string of the molecule is CC[C@H](C)[C@@H]([C@@H](CC(=O)N1CCC[C@H]1[C@H](OC)[C@@H](C)C(=O)N[C@H](C)[C@@H](O)c1ccccc1)OC)N(C)C(=O)[C@@H](NC(=O)[C@H](C(C)C)N(C)C(=O)OCc1ccc(NC(C)=O)cc1)C(C)C. The first kappa shape index (κ1) is 54.3. The van der Waals surface area contributed by atoms with E-state index in [0.717, 1.165) is 0 Å². The molecule has 0 bridgehead atoms. The summed E-state index contributed by atoms with van der Waals surface area (Å²) in [5, 5.41) is 19.5. The number of nitrogens with one attached hydrogen (secondary N) is 3. The Kier molecular flexibility index (Phi) is 21.4. The Morgan fingerprint density at radius 1 is 0.831 bits per heavy atom. The third-order valence-corrected chi connectivity index (χ3v) is 12.7. The molecule has 65 heavy (non-hydrogen) atoms. The first-order chi connectivity index (χ1) is 30.7. The number of carbonyl (C=O) groups is 6. The molecule has 362 valence electrons. The number of rotatable bonds is 23. The molecule has 2 aromatic rings. The summed E-state index contributed by atoms with van der Waals surface area (Å²) >= 11 is 0. The van der Waals surface area contributed by atoms with Crippen LogP contribution in [0.4, 0.5) is 10.5 Å². The molecule has 0 aromatic heterocycles. The van der Waals surface area contributed by atoms with Crippen LogP contribution in [0.1, 0.15) is 105 Å². The topological polar surface area (TPSA) is 196 Å². The van der Waals surface area contributed by atoms with Crippen LogP contribution in [-0.2, 0) is 44.8 Å². The molecule has 1 aliphatic heterocycles. The van der Waals surface area contributed by atoms with Gasteiger partial charge in [-0.1, -0.05) is 97.4 Å². The minimum absolute atomic E-state index is 0.0442. The number of aliphatic hydroxyl groups excluding tert-OH is 1. The van der Waals surface area contributed by atoms with Crippen molar-refractivity contribution in [3.8, 4) is 0 Å². The van der Waals surface area contributed by atoms with Gasteiger partial charge in [0.2, 0.25) is 29.5 Å². The maximum atomic E-state index is 14.6. The summed E-state index contributed by atoms with van der Waals surface area (Å²) in [6.45, 7) is 16.6. The number of carbonyl (C=O) groups excluding carboxylic acids is 6. The van der Waals surface area contributed by atoms with Crippen molar-refractivity contribution in [2.45, 2.75) is 143 Å². The van der Waals surface area contributed by atoms with Crippen LogP contribution in [0.15, 0.2) is 54.6 Å². The number of anilines is 1. The maximum Gasteiger partial charge on any atom is 0.410 e. The van der Waals surface area contributed by atoms with E-state index in [2.05, 4.69) is 16.0 Å². The summed E-state index contributed by atoms with van der Waals surface area (Å²) in [7, 11) is 6.20.